The molecular formula is C25H26ClN3O4S. The topological polar surface area (TPSA) is 89.6 Å². The van der Waals surface area contributed by atoms with E-state index in [0.29, 0.717) is 12.4 Å². The molecule has 5 rings (SSSR count). The monoisotopic (exact) mass is 499 g/mol. The molecule has 2 aromatic heterocycles. The number of aliphatic hydroxyl groups excluding tert-OH is 2. The second kappa shape index (κ2) is 9.28. The molecule has 0 bridgehead atoms. The minimum absolute atomic E-state index is 0.323. The number of aryl methyl sites for hydroxylation is 1. The van der Waals surface area contributed by atoms with Gasteiger partial charge in [-0.2, -0.15) is 0 Å². The minimum Gasteiger partial charge on any atom is -0.487 e. The molecule has 7 nitrogen and oxygen atoms in total. The van der Waals surface area contributed by atoms with Crippen molar-refractivity contribution in [3.63, 3.8) is 0 Å². The molecule has 1 aliphatic carbocycles. The van der Waals surface area contributed by atoms with Crippen LogP contribution >= 0.6 is 22.9 Å². The smallest absolute Gasteiger partial charge is 0.164 e. The Hall–Kier alpha value is -2.49. The summed E-state index contributed by atoms with van der Waals surface area (Å²) in [5.41, 5.74) is 3.51. The van der Waals surface area contributed by atoms with Gasteiger partial charge in [0.1, 0.15) is 35.7 Å². The molecule has 1 saturated heterocycles. The maximum absolute atomic E-state index is 10.5. The van der Waals surface area contributed by atoms with Crippen LogP contribution in [0.1, 0.15) is 47.6 Å². The molecule has 1 fully saturated rings. The lowest BCUT2D eigenvalue weighted by atomic mass is 9.98. The third kappa shape index (κ3) is 4.82. The van der Waals surface area contributed by atoms with Crippen LogP contribution in [0.5, 0.6) is 5.75 Å². The van der Waals surface area contributed by atoms with Crippen LogP contribution in [0.15, 0.2) is 60.4 Å². The number of allylic oxidation sites excluding steroid dienone is 4. The highest BCUT2D eigenvalue weighted by atomic mass is 35.5. The third-order valence-corrected chi connectivity index (χ3v) is 7.21. The van der Waals surface area contributed by atoms with Gasteiger partial charge in [-0.3, -0.25) is 0 Å². The number of hydrogen-bond acceptors (Lipinski definition) is 7. The SMILES string of the molecule is Cc1cn([C@@H]2O[C@H](c3ccc(OCc4csc(C5=CCC(C)(Cl)C=C5)n4)cc3)[C@H](O)[C@@H]2O)cn1. The van der Waals surface area contributed by atoms with Gasteiger partial charge in [-0.1, -0.05) is 30.4 Å². The van der Waals surface area contributed by atoms with E-state index in [0.717, 1.165) is 34.0 Å². The van der Waals surface area contributed by atoms with E-state index >= 15 is 0 Å². The van der Waals surface area contributed by atoms with Gasteiger partial charge < -0.3 is 24.3 Å². The molecule has 0 amide bonds. The predicted octanol–water partition coefficient (Wildman–Crippen LogP) is 4.56. The molecule has 178 valence electrons. The molecular weight excluding hydrogens is 474 g/mol. The van der Waals surface area contributed by atoms with Crippen molar-refractivity contribution in [2.24, 2.45) is 0 Å². The number of thiazole rings is 1. The Labute approximate surface area is 207 Å². The molecule has 5 atom stereocenters. The Balaban J connectivity index is 1.20. The van der Waals surface area contributed by atoms with Gasteiger partial charge in [-0.05, 0) is 38.0 Å². The number of ether oxygens (including phenoxy) is 2. The fourth-order valence-electron chi connectivity index (χ4n) is 4.05. The fraction of sp³-hybridized carbons (Fsp3) is 0.360. The summed E-state index contributed by atoms with van der Waals surface area (Å²) in [4.78, 5) is 8.52. The van der Waals surface area contributed by atoms with E-state index in [1.54, 1.807) is 28.4 Å². The highest BCUT2D eigenvalue weighted by Gasteiger charge is 2.44. The zero-order valence-corrected chi connectivity index (χ0v) is 20.4. The van der Waals surface area contributed by atoms with Crippen molar-refractivity contribution < 1.29 is 19.7 Å². The van der Waals surface area contributed by atoms with Crippen LogP contribution in [-0.4, -0.2) is 41.8 Å². The van der Waals surface area contributed by atoms with E-state index in [9.17, 15) is 10.2 Å². The average molecular weight is 500 g/mol. The average Bonchev–Trinajstić information content (AvgIpc) is 3.53. The molecule has 2 aliphatic rings. The van der Waals surface area contributed by atoms with Gasteiger partial charge in [-0.25, -0.2) is 9.97 Å². The van der Waals surface area contributed by atoms with E-state index in [1.165, 1.54) is 0 Å². The molecule has 34 heavy (non-hydrogen) atoms. The van der Waals surface area contributed by atoms with Gasteiger partial charge in [0.15, 0.2) is 6.23 Å². The van der Waals surface area contributed by atoms with Crippen molar-refractivity contribution in [3.8, 4) is 5.75 Å². The number of aromatic nitrogens is 3. The third-order valence-electron chi connectivity index (χ3n) is 5.99. The summed E-state index contributed by atoms with van der Waals surface area (Å²) >= 11 is 7.93. The maximum Gasteiger partial charge on any atom is 0.164 e. The van der Waals surface area contributed by atoms with E-state index in [1.807, 2.05) is 55.6 Å². The second-order valence-corrected chi connectivity index (χ2v) is 10.6. The Morgan fingerprint density at radius 2 is 2.06 bits per heavy atom. The van der Waals surface area contributed by atoms with Gasteiger partial charge in [0.25, 0.3) is 0 Å². The van der Waals surface area contributed by atoms with Crippen molar-refractivity contribution in [2.75, 3.05) is 0 Å². The van der Waals surface area contributed by atoms with Crippen LogP contribution in [0, 0.1) is 6.92 Å². The molecule has 2 N–H and O–H groups in total. The summed E-state index contributed by atoms with van der Waals surface area (Å²) in [5.74, 6) is 0.683. The van der Waals surface area contributed by atoms with Crippen LogP contribution in [0.3, 0.4) is 0 Å². The number of imidazole rings is 1. The van der Waals surface area contributed by atoms with Crippen molar-refractivity contribution in [2.45, 2.75) is 56.3 Å². The lowest BCUT2D eigenvalue weighted by Gasteiger charge is -2.19. The molecule has 0 saturated carbocycles. The predicted molar refractivity (Wildman–Crippen MR) is 131 cm³/mol. The van der Waals surface area contributed by atoms with Crippen molar-refractivity contribution >= 4 is 28.5 Å². The molecule has 9 heteroatoms. The highest BCUT2D eigenvalue weighted by molar-refractivity contribution is 7.10. The largest absolute Gasteiger partial charge is 0.487 e. The Kier molecular flexibility index (Phi) is 6.35. The summed E-state index contributed by atoms with van der Waals surface area (Å²) < 4.78 is 13.6. The van der Waals surface area contributed by atoms with Crippen LogP contribution < -0.4 is 4.74 Å². The van der Waals surface area contributed by atoms with Gasteiger partial charge in [0.2, 0.25) is 0 Å². The first-order chi connectivity index (χ1) is 16.3. The summed E-state index contributed by atoms with van der Waals surface area (Å²) in [6.07, 6.45) is 6.84. The summed E-state index contributed by atoms with van der Waals surface area (Å²) in [5, 5.41) is 24.0. The van der Waals surface area contributed by atoms with Crippen LogP contribution in [0.4, 0.5) is 0 Å². The summed E-state index contributed by atoms with van der Waals surface area (Å²) in [6, 6.07) is 7.33. The molecule has 0 radical (unpaired) electrons. The van der Waals surface area contributed by atoms with E-state index in [4.69, 9.17) is 21.1 Å². The number of halogens is 1. The van der Waals surface area contributed by atoms with Gasteiger partial charge in [-0.15, -0.1) is 22.9 Å². The first-order valence-corrected chi connectivity index (χ1v) is 12.3. The van der Waals surface area contributed by atoms with E-state index in [2.05, 4.69) is 16.0 Å². The normalized spacial score (nSPS) is 28.8. The first kappa shape index (κ1) is 23.3. The Morgan fingerprint density at radius 3 is 2.74 bits per heavy atom. The van der Waals surface area contributed by atoms with Gasteiger partial charge in [0.05, 0.1) is 22.6 Å². The van der Waals surface area contributed by atoms with Crippen LogP contribution in [0.2, 0.25) is 0 Å². The number of alkyl halides is 1. The Bertz CT molecular complexity index is 1220. The van der Waals surface area contributed by atoms with Crippen molar-refractivity contribution in [3.05, 3.63) is 82.4 Å². The summed E-state index contributed by atoms with van der Waals surface area (Å²) in [7, 11) is 0. The number of benzene rings is 1. The molecule has 1 aromatic carbocycles. The lowest BCUT2D eigenvalue weighted by Crippen LogP contribution is -2.28. The van der Waals surface area contributed by atoms with Gasteiger partial charge >= 0.3 is 0 Å². The maximum atomic E-state index is 10.5. The fourth-order valence-corrected chi connectivity index (χ4v) is 5.01. The zero-order valence-electron chi connectivity index (χ0n) is 18.8. The number of nitrogens with zero attached hydrogens (tertiary/aromatic N) is 3. The number of aliphatic hydroxyl groups is 2. The standard InChI is InChI=1S/C25H26ClN3O4S/c1-15-11-29(14-27-15)24-21(31)20(30)22(33-24)16-3-5-19(6-4-16)32-12-18-13-34-23(28-18)17-7-9-25(2,26)10-8-17/h3-9,11,13-14,20-22,24,30-31H,10,12H2,1-2H3/t20-,21+,22-,24-,25?/m1/s1. The number of hydrogen-bond donors (Lipinski definition) is 2. The minimum atomic E-state index is -1.05. The van der Waals surface area contributed by atoms with Gasteiger partial charge in [0, 0.05) is 17.2 Å². The first-order valence-electron chi connectivity index (χ1n) is 11.1. The van der Waals surface area contributed by atoms with E-state index in [-0.39, 0.29) is 4.87 Å². The molecule has 1 unspecified atom stereocenters. The molecule has 1 aliphatic heterocycles. The second-order valence-electron chi connectivity index (χ2n) is 8.87. The highest BCUT2D eigenvalue weighted by Crippen LogP contribution is 2.39. The zero-order chi connectivity index (χ0) is 23.9. The quantitative estimate of drug-likeness (QED) is 0.483. The molecule has 3 aromatic rings. The molecule has 0 spiro atoms. The van der Waals surface area contributed by atoms with Crippen LogP contribution in [-0.2, 0) is 11.3 Å². The Morgan fingerprint density at radius 1 is 1.26 bits per heavy atom. The number of rotatable bonds is 6. The van der Waals surface area contributed by atoms with Crippen molar-refractivity contribution in [1.82, 2.24) is 14.5 Å². The van der Waals surface area contributed by atoms with E-state index < -0.39 is 24.5 Å². The van der Waals surface area contributed by atoms with Crippen LogP contribution in [0.25, 0.3) is 5.57 Å². The molecule has 3 heterocycles. The van der Waals surface area contributed by atoms with Crippen molar-refractivity contribution in [1.29, 1.82) is 0 Å². The summed E-state index contributed by atoms with van der Waals surface area (Å²) in [6.45, 7) is 4.20. The lowest BCUT2D eigenvalue weighted by molar-refractivity contribution is -0.0380.